The molecule has 2 heterocycles. The van der Waals surface area contributed by atoms with Gasteiger partial charge in [0.05, 0.1) is 30.6 Å². The van der Waals surface area contributed by atoms with E-state index < -0.39 is 17.9 Å². The molecule has 0 spiro atoms. The van der Waals surface area contributed by atoms with Crippen molar-refractivity contribution in [2.24, 2.45) is 7.05 Å². The van der Waals surface area contributed by atoms with E-state index in [0.717, 1.165) is 48.8 Å². The lowest BCUT2D eigenvalue weighted by Gasteiger charge is -2.21. The molecule has 0 aliphatic rings. The summed E-state index contributed by atoms with van der Waals surface area (Å²) in [5, 5.41) is 14.0. The zero-order valence-corrected chi connectivity index (χ0v) is 28.5. The van der Waals surface area contributed by atoms with Crippen LogP contribution in [0.2, 0.25) is 0 Å². The van der Waals surface area contributed by atoms with Crippen LogP contribution in [0.3, 0.4) is 0 Å². The highest BCUT2D eigenvalue weighted by molar-refractivity contribution is 6.07. The third kappa shape index (κ3) is 9.97. The SMILES string of the molecule is CCCCCCOC(=O)NC(=N)c1ccc(NCc2nc3cc(C(=O)N(CCC(=O)Oc4cccc(F)c4)c4ccccn4)ccc3n2C)cc1. The number of hydrogen-bond acceptors (Lipinski definition) is 9. The summed E-state index contributed by atoms with van der Waals surface area (Å²) in [6.07, 6.45) is 4.76. The Morgan fingerprint density at radius 2 is 1.75 bits per heavy atom. The van der Waals surface area contributed by atoms with Gasteiger partial charge in [-0.25, -0.2) is 19.2 Å². The van der Waals surface area contributed by atoms with E-state index in [1.54, 1.807) is 60.8 Å². The van der Waals surface area contributed by atoms with E-state index >= 15 is 0 Å². The van der Waals surface area contributed by atoms with Crippen LogP contribution in [0.4, 0.5) is 20.7 Å². The van der Waals surface area contributed by atoms with Crippen LogP contribution in [0.1, 0.15) is 60.8 Å². The lowest BCUT2D eigenvalue weighted by molar-refractivity contribution is -0.134. The van der Waals surface area contributed by atoms with E-state index in [4.69, 9.17) is 19.9 Å². The number of benzene rings is 3. The number of nitrogens with zero attached hydrogens (tertiary/aromatic N) is 4. The van der Waals surface area contributed by atoms with E-state index in [9.17, 15) is 18.8 Å². The zero-order valence-electron chi connectivity index (χ0n) is 28.5. The summed E-state index contributed by atoms with van der Waals surface area (Å²) in [7, 11) is 1.89. The topological polar surface area (TPSA) is 152 Å². The molecule has 0 radical (unpaired) electrons. The van der Waals surface area contributed by atoms with Crippen LogP contribution in [0, 0.1) is 11.2 Å². The number of hydrogen-bond donors (Lipinski definition) is 3. The van der Waals surface area contributed by atoms with Crippen molar-refractivity contribution in [2.45, 2.75) is 45.6 Å². The van der Waals surface area contributed by atoms with Crippen LogP contribution in [0.5, 0.6) is 5.75 Å². The van der Waals surface area contributed by atoms with Gasteiger partial charge in [0.1, 0.15) is 29.0 Å². The molecule has 13 heteroatoms. The number of anilines is 2. The normalized spacial score (nSPS) is 10.8. The van der Waals surface area contributed by atoms with Crippen molar-refractivity contribution in [1.29, 1.82) is 5.41 Å². The number of unbranched alkanes of at least 4 members (excludes halogenated alkanes) is 3. The summed E-state index contributed by atoms with van der Waals surface area (Å²) in [6.45, 7) is 2.80. The lowest BCUT2D eigenvalue weighted by atomic mass is 10.1. The number of aryl methyl sites for hydroxylation is 1. The van der Waals surface area contributed by atoms with E-state index in [-0.39, 0.29) is 30.5 Å². The van der Waals surface area contributed by atoms with Crippen LogP contribution >= 0.6 is 0 Å². The number of pyridine rings is 1. The van der Waals surface area contributed by atoms with Crippen LogP contribution in [0.15, 0.2) is 91.1 Å². The highest BCUT2D eigenvalue weighted by Gasteiger charge is 2.22. The maximum absolute atomic E-state index is 13.8. The fourth-order valence-corrected chi connectivity index (χ4v) is 5.29. The predicted octanol–water partition coefficient (Wildman–Crippen LogP) is 6.99. The molecule has 0 saturated carbocycles. The van der Waals surface area contributed by atoms with Crippen molar-refractivity contribution in [3.8, 4) is 5.75 Å². The van der Waals surface area contributed by atoms with E-state index in [0.29, 0.717) is 35.6 Å². The summed E-state index contributed by atoms with van der Waals surface area (Å²) in [6, 6.07) is 22.7. The average molecular weight is 694 g/mol. The van der Waals surface area contributed by atoms with E-state index in [1.807, 2.05) is 17.7 Å². The van der Waals surface area contributed by atoms with Gasteiger partial charge >= 0.3 is 12.1 Å². The summed E-state index contributed by atoms with van der Waals surface area (Å²) < 4.78 is 25.9. The Labute approximate surface area is 295 Å². The monoisotopic (exact) mass is 693 g/mol. The van der Waals surface area contributed by atoms with Gasteiger partial charge < -0.3 is 19.4 Å². The van der Waals surface area contributed by atoms with Crippen LogP contribution < -0.4 is 20.3 Å². The Morgan fingerprint density at radius 1 is 0.941 bits per heavy atom. The molecule has 2 amide bonds. The second-order valence-electron chi connectivity index (χ2n) is 11.7. The number of ether oxygens (including phenoxy) is 2. The van der Waals surface area contributed by atoms with Crippen molar-refractivity contribution in [1.82, 2.24) is 19.9 Å². The Morgan fingerprint density at radius 3 is 2.49 bits per heavy atom. The maximum atomic E-state index is 13.8. The molecule has 5 aromatic rings. The quantitative estimate of drug-likeness (QED) is 0.0349. The number of carbonyl (C=O) groups is 3. The zero-order chi connectivity index (χ0) is 36.2. The van der Waals surface area contributed by atoms with Gasteiger partial charge in [-0.3, -0.25) is 25.2 Å². The van der Waals surface area contributed by atoms with Crippen molar-refractivity contribution in [3.63, 3.8) is 0 Å². The molecule has 264 valence electrons. The molecule has 0 unspecified atom stereocenters. The number of carbonyl (C=O) groups excluding carboxylic acids is 3. The number of halogens is 1. The summed E-state index contributed by atoms with van der Waals surface area (Å²) in [5.74, 6) is -0.407. The number of nitrogens with one attached hydrogen (secondary N) is 3. The van der Waals surface area contributed by atoms with Crippen molar-refractivity contribution >= 4 is 46.3 Å². The first kappa shape index (κ1) is 36.2. The molecule has 2 aromatic heterocycles. The molecule has 0 bridgehead atoms. The van der Waals surface area contributed by atoms with Gasteiger partial charge in [-0.05, 0) is 73.2 Å². The molecule has 0 aliphatic carbocycles. The number of fused-ring (bicyclic) bond motifs is 1. The number of amides is 2. The molecule has 0 aliphatic heterocycles. The molecule has 51 heavy (non-hydrogen) atoms. The second kappa shape index (κ2) is 17.5. The minimum Gasteiger partial charge on any atom is -0.449 e. The van der Waals surface area contributed by atoms with Gasteiger partial charge in [0.2, 0.25) is 0 Å². The number of aromatic nitrogens is 3. The van der Waals surface area contributed by atoms with Gasteiger partial charge in [-0.15, -0.1) is 0 Å². The number of esters is 1. The molecule has 3 aromatic carbocycles. The van der Waals surface area contributed by atoms with Crippen molar-refractivity contribution in [3.05, 3.63) is 114 Å². The van der Waals surface area contributed by atoms with Gasteiger partial charge in [-0.1, -0.05) is 38.3 Å². The Hall–Kier alpha value is -6.11. The fourth-order valence-electron chi connectivity index (χ4n) is 5.29. The Balaban J connectivity index is 1.20. The van der Waals surface area contributed by atoms with Gasteiger partial charge in [0.25, 0.3) is 5.91 Å². The summed E-state index contributed by atoms with van der Waals surface area (Å²) in [5.41, 5.74) is 3.11. The van der Waals surface area contributed by atoms with Crippen LogP contribution in [-0.4, -0.2) is 51.5 Å². The Kier molecular flexibility index (Phi) is 12.4. The third-order valence-electron chi connectivity index (χ3n) is 8.04. The lowest BCUT2D eigenvalue weighted by Crippen LogP contribution is -2.34. The fraction of sp³-hybridized carbons (Fsp3) is 0.263. The third-order valence-corrected chi connectivity index (χ3v) is 8.04. The van der Waals surface area contributed by atoms with Gasteiger partial charge in [0, 0.05) is 42.7 Å². The number of alkyl carbamates (subject to hydrolysis) is 1. The first-order chi connectivity index (χ1) is 24.7. The first-order valence-corrected chi connectivity index (χ1v) is 16.7. The van der Waals surface area contributed by atoms with Crippen LogP contribution in [-0.2, 0) is 23.1 Å². The molecule has 3 N–H and O–H groups in total. The van der Waals surface area contributed by atoms with Crippen molar-refractivity contribution in [2.75, 3.05) is 23.4 Å². The predicted molar refractivity (Wildman–Crippen MR) is 193 cm³/mol. The molecule has 0 atom stereocenters. The number of rotatable bonds is 15. The van der Waals surface area contributed by atoms with Crippen LogP contribution in [0.25, 0.3) is 11.0 Å². The van der Waals surface area contributed by atoms with Gasteiger partial charge in [0.15, 0.2) is 0 Å². The van der Waals surface area contributed by atoms with E-state index in [2.05, 4.69) is 22.5 Å². The molecule has 0 saturated heterocycles. The smallest absolute Gasteiger partial charge is 0.412 e. The minimum atomic E-state index is -0.641. The Bertz CT molecular complexity index is 1980. The number of amidine groups is 1. The maximum Gasteiger partial charge on any atom is 0.412 e. The molecule has 12 nitrogen and oxygen atoms in total. The van der Waals surface area contributed by atoms with Crippen molar-refractivity contribution < 1.29 is 28.2 Å². The highest BCUT2D eigenvalue weighted by Crippen LogP contribution is 2.22. The second-order valence-corrected chi connectivity index (χ2v) is 11.7. The van der Waals surface area contributed by atoms with E-state index in [1.165, 1.54) is 23.1 Å². The summed E-state index contributed by atoms with van der Waals surface area (Å²) >= 11 is 0. The summed E-state index contributed by atoms with van der Waals surface area (Å²) in [4.78, 5) is 48.9. The largest absolute Gasteiger partial charge is 0.449 e. The number of imidazole rings is 1. The van der Waals surface area contributed by atoms with Gasteiger partial charge in [-0.2, -0.15) is 0 Å². The molecule has 0 fully saturated rings. The standard InChI is InChI=1S/C38H40FN7O5/c1-3-4-5-8-22-50-38(49)44-36(40)26-13-16-29(17-14-26)42-25-34-43-31-23-27(15-18-32(31)45(34)2)37(48)46(33-12-6-7-20-41-33)21-19-35(47)51-30-11-9-10-28(39)24-30/h6-7,9-18,20,23-24,42H,3-5,8,19,21-22,25H2,1-2H3,(H2,40,44,49). The molecular weight excluding hydrogens is 653 g/mol. The first-order valence-electron chi connectivity index (χ1n) is 16.7. The highest BCUT2D eigenvalue weighted by atomic mass is 19.1. The molecular formula is C38H40FN7O5. The molecule has 5 rings (SSSR count). The average Bonchev–Trinajstić information content (AvgIpc) is 3.45. The minimum absolute atomic E-state index is 0.0169.